The average Bonchev–Trinajstić information content (AvgIpc) is 2.62. The number of aliphatic hydroxyl groups is 1. The minimum absolute atomic E-state index is 0.150. The fraction of sp³-hybridized carbons (Fsp3) is 0.222. The number of nitrogens with one attached hydrogen (secondary N) is 3. The Morgan fingerprint density at radius 2 is 1.64 bits per heavy atom. The highest BCUT2D eigenvalue weighted by Crippen LogP contribution is 2.20. The smallest absolute Gasteiger partial charge is 0.323 e. The van der Waals surface area contributed by atoms with E-state index in [1.54, 1.807) is 12.1 Å². The van der Waals surface area contributed by atoms with Crippen LogP contribution in [0.2, 0.25) is 0 Å². The molecule has 1 unspecified atom stereocenters. The van der Waals surface area contributed by atoms with Crippen LogP contribution in [0.1, 0.15) is 12.5 Å². The second-order valence-corrected chi connectivity index (χ2v) is 8.38. The van der Waals surface area contributed by atoms with Crippen molar-refractivity contribution in [2.75, 3.05) is 16.4 Å². The molecule has 0 aliphatic carbocycles. The molecule has 0 aliphatic heterocycles. The van der Waals surface area contributed by atoms with Crippen LogP contribution in [0.3, 0.4) is 0 Å². The summed E-state index contributed by atoms with van der Waals surface area (Å²) in [7, 11) is -4.02. The monoisotopic (exact) mass is 407 g/mol. The van der Waals surface area contributed by atoms with Crippen LogP contribution in [0, 0.1) is 6.92 Å². The van der Waals surface area contributed by atoms with E-state index in [0.29, 0.717) is 11.4 Å². The summed E-state index contributed by atoms with van der Waals surface area (Å²) in [5, 5.41) is 23.7. The van der Waals surface area contributed by atoms with E-state index in [0.717, 1.165) is 12.5 Å². The first-order chi connectivity index (χ1) is 13.0. The van der Waals surface area contributed by atoms with E-state index < -0.39 is 33.1 Å². The first kappa shape index (κ1) is 21.4. The SMILES string of the molecule is Cc1ccccc1NC(=O)Nc1ccc(S(=O)(=O)CC(C)(O)C(=O)NO)cc1. The van der Waals surface area contributed by atoms with Crippen molar-refractivity contribution in [2.45, 2.75) is 24.3 Å². The molecular formula is C18H21N3O6S. The highest BCUT2D eigenvalue weighted by Gasteiger charge is 2.36. The van der Waals surface area contributed by atoms with Crippen molar-refractivity contribution in [3.63, 3.8) is 0 Å². The van der Waals surface area contributed by atoms with Gasteiger partial charge in [-0.05, 0) is 49.7 Å². The van der Waals surface area contributed by atoms with E-state index in [1.807, 2.05) is 19.1 Å². The van der Waals surface area contributed by atoms with Crippen LogP contribution >= 0.6 is 0 Å². The molecule has 0 spiro atoms. The van der Waals surface area contributed by atoms with Crippen molar-refractivity contribution in [3.8, 4) is 0 Å². The minimum atomic E-state index is -4.02. The maximum absolute atomic E-state index is 12.4. The average molecular weight is 407 g/mol. The van der Waals surface area contributed by atoms with Crippen molar-refractivity contribution >= 4 is 33.2 Å². The van der Waals surface area contributed by atoms with Gasteiger partial charge in [0.2, 0.25) is 0 Å². The van der Waals surface area contributed by atoms with Crippen LogP contribution in [0.5, 0.6) is 0 Å². The topological polar surface area (TPSA) is 145 Å². The lowest BCUT2D eigenvalue weighted by Gasteiger charge is -2.20. The summed E-state index contributed by atoms with van der Waals surface area (Å²) in [6.07, 6.45) is 0. The van der Waals surface area contributed by atoms with Crippen molar-refractivity contribution < 1.29 is 28.3 Å². The molecule has 0 bridgehead atoms. The molecule has 10 heteroatoms. The number of sulfone groups is 1. The molecule has 0 radical (unpaired) electrons. The third-order valence-corrected chi connectivity index (χ3v) is 5.86. The van der Waals surface area contributed by atoms with E-state index in [-0.39, 0.29) is 4.90 Å². The number of para-hydroxylation sites is 1. The van der Waals surface area contributed by atoms with Crippen LogP contribution in [0.15, 0.2) is 53.4 Å². The lowest BCUT2D eigenvalue weighted by Crippen LogP contribution is -2.48. The van der Waals surface area contributed by atoms with Crippen molar-refractivity contribution in [1.29, 1.82) is 0 Å². The summed E-state index contributed by atoms with van der Waals surface area (Å²) in [5.74, 6) is -2.16. The molecule has 2 rings (SSSR count). The molecule has 150 valence electrons. The number of anilines is 2. The van der Waals surface area contributed by atoms with Crippen molar-refractivity contribution in [1.82, 2.24) is 5.48 Å². The normalized spacial score (nSPS) is 13.3. The Morgan fingerprint density at radius 1 is 1.04 bits per heavy atom. The van der Waals surface area contributed by atoms with Gasteiger partial charge in [-0.3, -0.25) is 10.0 Å². The number of hydroxylamine groups is 1. The zero-order valence-corrected chi connectivity index (χ0v) is 16.1. The van der Waals surface area contributed by atoms with E-state index >= 15 is 0 Å². The van der Waals surface area contributed by atoms with Gasteiger partial charge in [-0.15, -0.1) is 0 Å². The molecule has 2 aromatic carbocycles. The van der Waals surface area contributed by atoms with E-state index in [4.69, 9.17) is 5.21 Å². The van der Waals surface area contributed by atoms with Gasteiger partial charge in [0, 0.05) is 11.4 Å². The van der Waals surface area contributed by atoms with Gasteiger partial charge < -0.3 is 15.7 Å². The van der Waals surface area contributed by atoms with Crippen LogP contribution in [0.25, 0.3) is 0 Å². The Balaban J connectivity index is 2.07. The zero-order valence-electron chi connectivity index (χ0n) is 15.3. The Morgan fingerprint density at radius 3 is 2.21 bits per heavy atom. The number of amides is 3. The Bertz CT molecular complexity index is 971. The third kappa shape index (κ3) is 5.28. The van der Waals surface area contributed by atoms with Gasteiger partial charge in [0.1, 0.15) is 0 Å². The molecule has 5 N–H and O–H groups in total. The highest BCUT2D eigenvalue weighted by atomic mass is 32.2. The van der Waals surface area contributed by atoms with Gasteiger partial charge in [0.25, 0.3) is 5.91 Å². The summed E-state index contributed by atoms with van der Waals surface area (Å²) >= 11 is 0. The molecule has 0 aromatic heterocycles. The first-order valence-corrected chi connectivity index (χ1v) is 9.84. The molecule has 0 heterocycles. The quantitative estimate of drug-likeness (QED) is 0.364. The van der Waals surface area contributed by atoms with Crippen molar-refractivity contribution in [2.24, 2.45) is 0 Å². The molecule has 1 atom stereocenters. The first-order valence-electron chi connectivity index (χ1n) is 8.18. The maximum atomic E-state index is 12.4. The van der Waals surface area contributed by atoms with Crippen LogP contribution < -0.4 is 16.1 Å². The standard InChI is InChI=1S/C18H21N3O6S/c1-12-5-3-4-6-15(12)20-17(23)19-13-7-9-14(10-8-13)28(26,27)11-18(2,24)16(22)21-25/h3-10,24-25H,11H2,1-2H3,(H,21,22)(H2,19,20,23). The number of aryl methyl sites for hydroxylation is 1. The van der Waals surface area contributed by atoms with Gasteiger partial charge in [-0.2, -0.15) is 0 Å². The highest BCUT2D eigenvalue weighted by molar-refractivity contribution is 7.91. The van der Waals surface area contributed by atoms with Gasteiger partial charge in [0.15, 0.2) is 15.4 Å². The number of hydrogen-bond acceptors (Lipinski definition) is 6. The maximum Gasteiger partial charge on any atom is 0.323 e. The van der Waals surface area contributed by atoms with E-state index in [2.05, 4.69) is 10.6 Å². The molecule has 0 fully saturated rings. The fourth-order valence-corrected chi connectivity index (χ4v) is 3.97. The Labute approximate surface area is 162 Å². The van der Waals surface area contributed by atoms with Gasteiger partial charge in [-0.1, -0.05) is 18.2 Å². The summed E-state index contributed by atoms with van der Waals surface area (Å²) in [4.78, 5) is 23.3. The largest absolute Gasteiger partial charge is 0.379 e. The van der Waals surface area contributed by atoms with Crippen molar-refractivity contribution in [3.05, 3.63) is 54.1 Å². The van der Waals surface area contributed by atoms with Gasteiger partial charge in [0.05, 0.1) is 10.6 Å². The molecule has 9 nitrogen and oxygen atoms in total. The number of urea groups is 1. The second-order valence-electron chi connectivity index (χ2n) is 6.39. The fourth-order valence-electron chi connectivity index (χ4n) is 2.38. The molecule has 2 aromatic rings. The van der Waals surface area contributed by atoms with Gasteiger partial charge in [-0.25, -0.2) is 18.7 Å². The number of benzene rings is 2. The van der Waals surface area contributed by atoms with Gasteiger partial charge >= 0.3 is 6.03 Å². The zero-order chi connectivity index (χ0) is 20.9. The minimum Gasteiger partial charge on any atom is -0.379 e. The van der Waals surface area contributed by atoms with Crippen LogP contribution in [0.4, 0.5) is 16.2 Å². The molecule has 3 amide bonds. The predicted octanol–water partition coefficient (Wildman–Crippen LogP) is 1.67. The lowest BCUT2D eigenvalue weighted by atomic mass is 10.1. The number of hydrogen-bond donors (Lipinski definition) is 5. The summed E-state index contributed by atoms with van der Waals surface area (Å²) in [6, 6.07) is 12.0. The van der Waals surface area contributed by atoms with E-state index in [9.17, 15) is 23.1 Å². The second kappa shape index (κ2) is 8.38. The molecule has 0 saturated carbocycles. The Kier molecular flexibility index (Phi) is 6.39. The third-order valence-electron chi connectivity index (χ3n) is 3.93. The number of rotatable bonds is 6. The number of carbonyl (C=O) groups excluding carboxylic acids is 2. The molecular weight excluding hydrogens is 386 g/mol. The van der Waals surface area contributed by atoms with Crippen LogP contribution in [-0.4, -0.2) is 42.0 Å². The summed E-state index contributed by atoms with van der Waals surface area (Å²) in [5.41, 5.74) is 0.799. The molecule has 0 aliphatic rings. The lowest BCUT2D eigenvalue weighted by molar-refractivity contribution is -0.144. The number of carbonyl (C=O) groups is 2. The Hall–Kier alpha value is -2.95. The molecule has 28 heavy (non-hydrogen) atoms. The van der Waals surface area contributed by atoms with E-state index in [1.165, 1.54) is 29.7 Å². The van der Waals surface area contributed by atoms with Crippen LogP contribution in [-0.2, 0) is 14.6 Å². The summed E-state index contributed by atoms with van der Waals surface area (Å²) in [6.45, 7) is 2.82. The molecule has 0 saturated heterocycles. The summed E-state index contributed by atoms with van der Waals surface area (Å²) < 4.78 is 24.7. The predicted molar refractivity (Wildman–Crippen MR) is 103 cm³/mol.